The SMILES string of the molecule is CS(=O)(=O)CC(N)Cc1cnc(-c2ccc3ncnc(Nc4ccc(OCc5cccc(F)c5)c(Cl)c4)c3c2)s1. The molecular weight excluding hydrogens is 573 g/mol. The van der Waals surface area contributed by atoms with Crippen LogP contribution in [0.1, 0.15) is 10.4 Å². The summed E-state index contributed by atoms with van der Waals surface area (Å²) >= 11 is 7.94. The van der Waals surface area contributed by atoms with Gasteiger partial charge in [-0.25, -0.2) is 27.8 Å². The first kappa shape index (κ1) is 27.9. The summed E-state index contributed by atoms with van der Waals surface area (Å²) in [5, 5.41) is 5.25. The second-order valence-corrected chi connectivity index (χ2v) is 13.0. The van der Waals surface area contributed by atoms with Crippen molar-refractivity contribution in [2.24, 2.45) is 5.73 Å². The van der Waals surface area contributed by atoms with Gasteiger partial charge in [0.2, 0.25) is 0 Å². The van der Waals surface area contributed by atoms with Crippen LogP contribution in [0.25, 0.3) is 21.5 Å². The maximum absolute atomic E-state index is 13.4. The van der Waals surface area contributed by atoms with E-state index in [1.54, 1.807) is 30.5 Å². The fourth-order valence-corrected chi connectivity index (χ4v) is 6.28. The summed E-state index contributed by atoms with van der Waals surface area (Å²) in [6.45, 7) is 0.186. The van der Waals surface area contributed by atoms with Gasteiger partial charge >= 0.3 is 0 Å². The fraction of sp³-hybridized carbons (Fsp3) is 0.179. The number of fused-ring (bicyclic) bond motifs is 1. The molecular formula is C28H25ClFN5O3S2. The number of benzene rings is 3. The molecule has 5 rings (SSSR count). The fourth-order valence-electron chi connectivity index (χ4n) is 4.15. The van der Waals surface area contributed by atoms with Gasteiger partial charge in [-0.1, -0.05) is 23.7 Å². The Morgan fingerprint density at radius 2 is 1.95 bits per heavy atom. The minimum Gasteiger partial charge on any atom is -0.487 e. The molecule has 12 heteroatoms. The van der Waals surface area contributed by atoms with Gasteiger partial charge in [0.1, 0.15) is 45.2 Å². The van der Waals surface area contributed by atoms with E-state index in [9.17, 15) is 12.8 Å². The van der Waals surface area contributed by atoms with Crippen molar-refractivity contribution in [3.05, 3.63) is 94.5 Å². The summed E-state index contributed by atoms with van der Waals surface area (Å²) < 4.78 is 42.3. The average molecular weight is 598 g/mol. The summed E-state index contributed by atoms with van der Waals surface area (Å²) in [5.41, 5.74) is 9.04. The Kier molecular flexibility index (Phi) is 8.27. The van der Waals surface area contributed by atoms with E-state index >= 15 is 0 Å². The van der Waals surface area contributed by atoms with Crippen molar-refractivity contribution >= 4 is 55.2 Å². The summed E-state index contributed by atoms with van der Waals surface area (Å²) in [4.78, 5) is 14.2. The van der Waals surface area contributed by atoms with Crippen molar-refractivity contribution in [1.29, 1.82) is 0 Å². The van der Waals surface area contributed by atoms with Gasteiger partial charge in [0.25, 0.3) is 0 Å². The topological polar surface area (TPSA) is 120 Å². The minimum atomic E-state index is -3.15. The Morgan fingerprint density at radius 1 is 1.10 bits per heavy atom. The van der Waals surface area contributed by atoms with Crippen LogP contribution in [0.15, 0.2) is 73.2 Å². The third kappa shape index (κ3) is 7.11. The van der Waals surface area contributed by atoms with Crippen LogP contribution in [-0.2, 0) is 22.9 Å². The number of anilines is 2. The normalized spacial score (nSPS) is 12.4. The van der Waals surface area contributed by atoms with Gasteiger partial charge in [0.15, 0.2) is 0 Å². The predicted octanol–water partition coefficient (Wildman–Crippen LogP) is 5.78. The van der Waals surface area contributed by atoms with Crippen LogP contribution in [-0.4, -0.2) is 41.4 Å². The van der Waals surface area contributed by atoms with E-state index in [1.165, 1.54) is 36.1 Å². The molecule has 3 N–H and O–H groups in total. The third-order valence-electron chi connectivity index (χ3n) is 5.89. The molecule has 0 amide bonds. The van der Waals surface area contributed by atoms with Crippen LogP contribution >= 0.6 is 22.9 Å². The molecule has 5 aromatic rings. The first-order chi connectivity index (χ1) is 19.1. The quantitative estimate of drug-likeness (QED) is 0.208. The maximum Gasteiger partial charge on any atom is 0.148 e. The molecule has 3 aromatic carbocycles. The first-order valence-electron chi connectivity index (χ1n) is 12.2. The molecule has 0 fully saturated rings. The largest absolute Gasteiger partial charge is 0.487 e. The number of sulfone groups is 1. The molecule has 1 atom stereocenters. The number of hydrogen-bond acceptors (Lipinski definition) is 9. The van der Waals surface area contributed by atoms with Gasteiger partial charge in [-0.2, -0.15) is 0 Å². The van der Waals surface area contributed by atoms with Crippen molar-refractivity contribution in [2.45, 2.75) is 19.1 Å². The lowest BCUT2D eigenvalue weighted by Crippen LogP contribution is -2.30. The Balaban J connectivity index is 1.33. The average Bonchev–Trinajstić information content (AvgIpc) is 3.35. The molecule has 0 saturated carbocycles. The highest BCUT2D eigenvalue weighted by Gasteiger charge is 2.15. The minimum absolute atomic E-state index is 0.0767. The Labute approximate surface area is 240 Å². The summed E-state index contributed by atoms with van der Waals surface area (Å²) in [6.07, 6.45) is 4.82. The van der Waals surface area contributed by atoms with Gasteiger partial charge in [0.05, 0.1) is 16.3 Å². The van der Waals surface area contributed by atoms with Crippen molar-refractivity contribution < 1.29 is 17.5 Å². The molecule has 0 aliphatic rings. The number of nitrogens with zero attached hydrogens (tertiary/aromatic N) is 3. The van der Waals surface area contributed by atoms with E-state index < -0.39 is 15.9 Å². The molecule has 8 nitrogen and oxygen atoms in total. The zero-order chi connectivity index (χ0) is 28.3. The zero-order valence-corrected chi connectivity index (χ0v) is 23.7. The summed E-state index contributed by atoms with van der Waals surface area (Å²) in [7, 11) is -3.15. The number of thiazole rings is 1. The molecule has 0 saturated heterocycles. The zero-order valence-electron chi connectivity index (χ0n) is 21.3. The molecule has 2 aromatic heterocycles. The monoisotopic (exact) mass is 597 g/mol. The summed E-state index contributed by atoms with van der Waals surface area (Å²) in [6, 6.07) is 16.8. The highest BCUT2D eigenvalue weighted by Crippen LogP contribution is 2.33. The number of halogens is 2. The van der Waals surface area contributed by atoms with Gasteiger partial charge in [-0.15, -0.1) is 11.3 Å². The molecule has 0 aliphatic heterocycles. The molecule has 2 heterocycles. The molecule has 0 spiro atoms. The van der Waals surface area contributed by atoms with Crippen molar-refractivity contribution in [3.8, 4) is 16.3 Å². The van der Waals surface area contributed by atoms with Crippen LogP contribution < -0.4 is 15.8 Å². The highest BCUT2D eigenvalue weighted by molar-refractivity contribution is 7.90. The second kappa shape index (κ2) is 11.8. The standard InChI is InChI=1S/C28H25ClFN5O3S2/c1-40(36,37)15-20(31)11-22-13-32-28(39-22)18-5-7-25-23(10-18)27(34-16-33-25)35-21-6-8-26(24(29)12-21)38-14-17-3-2-4-19(30)9-17/h2-10,12-13,16,20H,11,14-15,31H2,1H3,(H,33,34,35). The smallest absolute Gasteiger partial charge is 0.148 e. The van der Waals surface area contributed by atoms with Crippen LogP contribution in [0.3, 0.4) is 0 Å². The summed E-state index contributed by atoms with van der Waals surface area (Å²) in [5.74, 6) is 0.661. The van der Waals surface area contributed by atoms with E-state index in [0.29, 0.717) is 34.3 Å². The number of nitrogens with one attached hydrogen (secondary N) is 1. The number of aromatic nitrogens is 3. The molecule has 0 aliphatic carbocycles. The second-order valence-electron chi connectivity index (χ2n) is 9.33. The van der Waals surface area contributed by atoms with Gasteiger partial charge in [-0.3, -0.25) is 0 Å². The van der Waals surface area contributed by atoms with Crippen LogP contribution in [0, 0.1) is 5.82 Å². The number of nitrogens with two attached hydrogens (primary N) is 1. The van der Waals surface area contributed by atoms with Crippen LogP contribution in [0.5, 0.6) is 5.75 Å². The van der Waals surface area contributed by atoms with E-state index in [2.05, 4.69) is 20.3 Å². The molecule has 1 unspecified atom stereocenters. The first-order valence-corrected chi connectivity index (χ1v) is 15.5. The van der Waals surface area contributed by atoms with Gasteiger partial charge in [-0.05, 0) is 60.5 Å². The lowest BCUT2D eigenvalue weighted by atomic mass is 10.1. The Hall–Kier alpha value is -3.64. The van der Waals surface area contributed by atoms with E-state index in [1.807, 2.05) is 24.3 Å². The van der Waals surface area contributed by atoms with Gasteiger partial charge < -0.3 is 15.8 Å². The predicted molar refractivity (Wildman–Crippen MR) is 158 cm³/mol. The van der Waals surface area contributed by atoms with Crippen LogP contribution in [0.4, 0.5) is 15.9 Å². The van der Waals surface area contributed by atoms with E-state index in [-0.39, 0.29) is 18.2 Å². The molecule has 0 radical (unpaired) electrons. The van der Waals surface area contributed by atoms with E-state index in [4.69, 9.17) is 22.1 Å². The van der Waals surface area contributed by atoms with Crippen LogP contribution in [0.2, 0.25) is 5.02 Å². The van der Waals surface area contributed by atoms with Crippen molar-refractivity contribution in [1.82, 2.24) is 15.0 Å². The number of rotatable bonds is 10. The molecule has 0 bridgehead atoms. The number of ether oxygens (including phenoxy) is 1. The lowest BCUT2D eigenvalue weighted by Gasteiger charge is -2.12. The van der Waals surface area contributed by atoms with Crippen molar-refractivity contribution in [2.75, 3.05) is 17.3 Å². The Bertz CT molecular complexity index is 1780. The van der Waals surface area contributed by atoms with E-state index in [0.717, 1.165) is 26.4 Å². The van der Waals surface area contributed by atoms with Crippen molar-refractivity contribution in [3.63, 3.8) is 0 Å². The molecule has 40 heavy (non-hydrogen) atoms. The highest BCUT2D eigenvalue weighted by atomic mass is 35.5. The lowest BCUT2D eigenvalue weighted by molar-refractivity contribution is 0.306. The molecule has 206 valence electrons. The maximum atomic E-state index is 13.4. The number of hydrogen-bond donors (Lipinski definition) is 2. The Morgan fingerprint density at radius 3 is 2.73 bits per heavy atom. The third-order valence-corrected chi connectivity index (χ3v) is 8.29. The van der Waals surface area contributed by atoms with Gasteiger partial charge in [0, 0.05) is 40.0 Å².